The number of ether oxygens (including phenoxy) is 1. The third-order valence-corrected chi connectivity index (χ3v) is 3.21. The van der Waals surface area contributed by atoms with Crippen molar-refractivity contribution in [1.82, 2.24) is 5.32 Å². The van der Waals surface area contributed by atoms with Gasteiger partial charge in [-0.05, 0) is 11.8 Å². The summed E-state index contributed by atoms with van der Waals surface area (Å²) >= 11 is 0. The highest BCUT2D eigenvalue weighted by Gasteiger charge is 2.45. The normalized spacial score (nSPS) is 36.1. The van der Waals surface area contributed by atoms with Crippen molar-refractivity contribution < 1.29 is 24.9 Å². The van der Waals surface area contributed by atoms with E-state index in [2.05, 4.69) is 5.32 Å². The van der Waals surface area contributed by atoms with Gasteiger partial charge in [-0.2, -0.15) is 0 Å². The van der Waals surface area contributed by atoms with E-state index in [-0.39, 0.29) is 17.9 Å². The van der Waals surface area contributed by atoms with Crippen LogP contribution in [0.15, 0.2) is 0 Å². The minimum Gasteiger partial charge on any atom is -0.394 e. The molecule has 1 heterocycles. The van der Waals surface area contributed by atoms with Crippen LogP contribution < -0.4 is 5.32 Å². The maximum atomic E-state index is 11.2. The van der Waals surface area contributed by atoms with Crippen LogP contribution in [0, 0.1) is 5.41 Å². The molecule has 1 saturated heterocycles. The number of hydrogen-bond acceptors (Lipinski definition) is 5. The van der Waals surface area contributed by atoms with Crippen LogP contribution in [0.5, 0.6) is 0 Å². The molecule has 0 aromatic carbocycles. The number of carbonyl (C=O) groups is 1. The quantitative estimate of drug-likeness (QED) is 0.552. The largest absolute Gasteiger partial charge is 0.394 e. The van der Waals surface area contributed by atoms with Crippen molar-refractivity contribution in [1.29, 1.82) is 0 Å². The van der Waals surface area contributed by atoms with Crippen LogP contribution in [0.25, 0.3) is 0 Å². The van der Waals surface area contributed by atoms with Crippen LogP contribution in [0.1, 0.15) is 34.1 Å². The standard InChI is InChI=1S/C13H25NO5/c1-7(16)14-10-8(5-13(2,3)4)19-9(6-15)11(17)12(10)18/h8-12,15,17-18H,5-6H2,1-4H3,(H,14,16)/t8-,9-,10+,11+,12-/m1/s1. The predicted octanol–water partition coefficient (Wildman–Crippen LogP) is -0.591. The summed E-state index contributed by atoms with van der Waals surface area (Å²) in [7, 11) is 0. The Balaban J connectivity index is 2.89. The molecule has 6 nitrogen and oxygen atoms in total. The average Bonchev–Trinajstić information content (AvgIpc) is 2.26. The van der Waals surface area contributed by atoms with Crippen molar-refractivity contribution in [2.24, 2.45) is 5.41 Å². The maximum absolute atomic E-state index is 11.2. The van der Waals surface area contributed by atoms with E-state index in [0.717, 1.165) is 0 Å². The first-order chi connectivity index (χ1) is 8.65. The third-order valence-electron chi connectivity index (χ3n) is 3.21. The molecular weight excluding hydrogens is 250 g/mol. The van der Waals surface area contributed by atoms with Gasteiger partial charge in [0.15, 0.2) is 0 Å². The van der Waals surface area contributed by atoms with Gasteiger partial charge in [-0.1, -0.05) is 20.8 Å². The molecular formula is C13H25NO5. The van der Waals surface area contributed by atoms with Gasteiger partial charge in [0.25, 0.3) is 0 Å². The van der Waals surface area contributed by atoms with Crippen molar-refractivity contribution in [3.05, 3.63) is 0 Å². The van der Waals surface area contributed by atoms with Gasteiger partial charge in [0, 0.05) is 6.92 Å². The van der Waals surface area contributed by atoms with Crippen LogP contribution in [0.3, 0.4) is 0 Å². The van der Waals surface area contributed by atoms with Crippen molar-refractivity contribution in [2.75, 3.05) is 6.61 Å². The molecule has 1 amide bonds. The Morgan fingerprint density at radius 2 is 1.79 bits per heavy atom. The lowest BCUT2D eigenvalue weighted by Gasteiger charge is -2.44. The van der Waals surface area contributed by atoms with E-state index >= 15 is 0 Å². The summed E-state index contributed by atoms with van der Waals surface area (Å²) in [5.41, 5.74) is -0.0661. The van der Waals surface area contributed by atoms with Gasteiger partial charge in [0.1, 0.15) is 18.3 Å². The second-order valence-corrected chi connectivity index (χ2v) is 6.37. The van der Waals surface area contributed by atoms with Crippen LogP contribution in [0.4, 0.5) is 0 Å². The molecule has 1 aliphatic rings. The summed E-state index contributed by atoms with van der Waals surface area (Å²) in [5.74, 6) is -0.291. The number of amides is 1. The average molecular weight is 275 g/mol. The molecule has 0 bridgehead atoms. The van der Waals surface area contributed by atoms with Gasteiger partial charge < -0.3 is 25.4 Å². The number of aliphatic hydroxyl groups excluding tert-OH is 3. The molecule has 0 aliphatic carbocycles. The lowest BCUT2D eigenvalue weighted by Crippen LogP contribution is -2.64. The molecule has 5 atom stereocenters. The molecule has 0 saturated carbocycles. The fraction of sp³-hybridized carbons (Fsp3) is 0.923. The first-order valence-electron chi connectivity index (χ1n) is 6.55. The number of hydrogen-bond donors (Lipinski definition) is 4. The first-order valence-corrected chi connectivity index (χ1v) is 6.55. The Morgan fingerprint density at radius 3 is 2.21 bits per heavy atom. The Hall–Kier alpha value is -0.690. The van der Waals surface area contributed by atoms with Gasteiger partial charge in [-0.15, -0.1) is 0 Å². The third kappa shape index (κ3) is 4.42. The maximum Gasteiger partial charge on any atom is 0.217 e. The number of carbonyl (C=O) groups excluding carboxylic acids is 1. The highest BCUT2D eigenvalue weighted by molar-refractivity contribution is 5.73. The Labute approximate surface area is 113 Å². The zero-order valence-electron chi connectivity index (χ0n) is 12.0. The molecule has 1 fully saturated rings. The summed E-state index contributed by atoms with van der Waals surface area (Å²) in [6.45, 7) is 7.04. The topological polar surface area (TPSA) is 99.0 Å². The SMILES string of the molecule is CC(=O)N[C@@H]1[C@@H](O)[C@@H](O)[C@@H](CO)O[C@@H]1CC(C)(C)C. The van der Waals surface area contributed by atoms with E-state index in [9.17, 15) is 20.1 Å². The van der Waals surface area contributed by atoms with Gasteiger partial charge in [0.05, 0.1) is 18.8 Å². The minimum atomic E-state index is -1.21. The molecule has 19 heavy (non-hydrogen) atoms. The van der Waals surface area contributed by atoms with Crippen molar-refractivity contribution in [3.8, 4) is 0 Å². The predicted molar refractivity (Wildman–Crippen MR) is 69.4 cm³/mol. The lowest BCUT2D eigenvalue weighted by molar-refractivity contribution is -0.200. The zero-order chi connectivity index (χ0) is 14.8. The molecule has 0 aromatic rings. The minimum absolute atomic E-state index is 0.0661. The highest BCUT2D eigenvalue weighted by atomic mass is 16.5. The monoisotopic (exact) mass is 275 g/mol. The summed E-state index contributed by atoms with van der Waals surface area (Å²) < 4.78 is 5.63. The van der Waals surface area contributed by atoms with Crippen molar-refractivity contribution in [3.63, 3.8) is 0 Å². The fourth-order valence-electron chi connectivity index (χ4n) is 2.38. The Kier molecular flexibility index (Phi) is 5.32. The van der Waals surface area contributed by atoms with E-state index in [4.69, 9.17) is 4.74 Å². The van der Waals surface area contributed by atoms with Crippen LogP contribution in [0.2, 0.25) is 0 Å². The highest BCUT2D eigenvalue weighted by Crippen LogP contribution is 2.30. The van der Waals surface area contributed by atoms with Crippen LogP contribution >= 0.6 is 0 Å². The van der Waals surface area contributed by atoms with Crippen molar-refractivity contribution >= 4 is 5.91 Å². The van der Waals surface area contributed by atoms with Crippen LogP contribution in [-0.2, 0) is 9.53 Å². The van der Waals surface area contributed by atoms with Gasteiger partial charge in [-0.25, -0.2) is 0 Å². The Bertz CT molecular complexity index is 315. The molecule has 1 aliphatic heterocycles. The molecule has 112 valence electrons. The molecule has 4 N–H and O–H groups in total. The summed E-state index contributed by atoms with van der Waals surface area (Å²) in [5, 5.41) is 31.8. The molecule has 0 unspecified atom stereocenters. The number of aliphatic hydroxyl groups is 3. The van der Waals surface area contributed by atoms with Gasteiger partial charge in [0.2, 0.25) is 5.91 Å². The molecule has 6 heteroatoms. The van der Waals surface area contributed by atoms with Crippen LogP contribution in [-0.4, -0.2) is 58.3 Å². The summed E-state index contributed by atoms with van der Waals surface area (Å²) in [4.78, 5) is 11.2. The molecule has 0 aromatic heterocycles. The number of rotatable bonds is 3. The molecule has 1 rings (SSSR count). The fourth-order valence-corrected chi connectivity index (χ4v) is 2.38. The second-order valence-electron chi connectivity index (χ2n) is 6.37. The Morgan fingerprint density at radius 1 is 1.21 bits per heavy atom. The van der Waals surface area contributed by atoms with Crippen molar-refractivity contribution in [2.45, 2.75) is 64.6 Å². The lowest BCUT2D eigenvalue weighted by atomic mass is 9.82. The van der Waals surface area contributed by atoms with E-state index in [1.54, 1.807) is 0 Å². The summed E-state index contributed by atoms with van der Waals surface area (Å²) in [6, 6.07) is -0.672. The number of nitrogens with one attached hydrogen (secondary N) is 1. The van der Waals surface area contributed by atoms with E-state index < -0.39 is 30.5 Å². The van der Waals surface area contributed by atoms with Gasteiger partial charge >= 0.3 is 0 Å². The van der Waals surface area contributed by atoms with E-state index in [0.29, 0.717) is 6.42 Å². The van der Waals surface area contributed by atoms with E-state index in [1.807, 2.05) is 20.8 Å². The van der Waals surface area contributed by atoms with E-state index in [1.165, 1.54) is 6.92 Å². The molecule has 0 spiro atoms. The van der Waals surface area contributed by atoms with Gasteiger partial charge in [-0.3, -0.25) is 4.79 Å². The molecule has 0 radical (unpaired) electrons. The summed E-state index contributed by atoms with van der Waals surface area (Å²) in [6.07, 6.45) is -3.04. The first kappa shape index (κ1) is 16.4. The second kappa shape index (κ2) is 6.17. The zero-order valence-corrected chi connectivity index (χ0v) is 12.0. The smallest absolute Gasteiger partial charge is 0.217 e.